The summed E-state index contributed by atoms with van der Waals surface area (Å²) < 4.78 is 15.9. The van der Waals surface area contributed by atoms with E-state index in [-0.39, 0.29) is 0 Å². The van der Waals surface area contributed by atoms with Gasteiger partial charge in [0.2, 0.25) is 0 Å². The van der Waals surface area contributed by atoms with Gasteiger partial charge in [-0.05, 0) is 25.0 Å². The van der Waals surface area contributed by atoms with Crippen LogP contribution in [0.4, 0.5) is 11.4 Å². The van der Waals surface area contributed by atoms with E-state index >= 15 is 0 Å². The first-order chi connectivity index (χ1) is 18.3. The van der Waals surface area contributed by atoms with Crippen molar-refractivity contribution in [2.24, 2.45) is 0 Å². The first-order valence-electron chi connectivity index (χ1n) is 14.9. The molecule has 0 aromatic carbocycles. The first kappa shape index (κ1) is 31.0. The van der Waals surface area contributed by atoms with E-state index in [0.717, 1.165) is 37.4 Å². The largest absolute Gasteiger partial charge is 0.363 e. The van der Waals surface area contributed by atoms with Crippen molar-refractivity contribution in [3.05, 3.63) is 49.1 Å². The minimum absolute atomic E-state index is 0.594. The van der Waals surface area contributed by atoms with Crippen molar-refractivity contribution >= 4 is 11.4 Å². The summed E-state index contributed by atoms with van der Waals surface area (Å²) >= 11 is 0. The molecule has 6 nitrogen and oxygen atoms in total. The van der Waals surface area contributed by atoms with Crippen LogP contribution in [0.5, 0.6) is 0 Å². The molecule has 0 amide bonds. The van der Waals surface area contributed by atoms with Crippen molar-refractivity contribution in [3.8, 4) is 0 Å². The fraction of sp³-hybridized carbons (Fsp3) is 0.677. The molecule has 0 spiro atoms. The third-order valence-electron chi connectivity index (χ3n) is 6.57. The molecule has 2 aromatic rings. The highest BCUT2D eigenvalue weighted by molar-refractivity contribution is 5.43. The topological polar surface area (TPSA) is 50.3 Å². The zero-order chi connectivity index (χ0) is 26.2. The van der Waals surface area contributed by atoms with Crippen molar-refractivity contribution < 1.29 is 18.6 Å². The number of hydrogen-bond donors (Lipinski definition) is 2. The van der Waals surface area contributed by atoms with E-state index < -0.39 is 0 Å². The molecule has 2 aromatic heterocycles. The molecule has 0 radical (unpaired) electrons. The Labute approximate surface area is 226 Å². The Morgan fingerprint density at radius 2 is 0.973 bits per heavy atom. The number of aromatic nitrogens is 2. The molecule has 0 aliphatic heterocycles. The smallest absolute Gasteiger partial charge is 0.252 e. The predicted octanol–water partition coefficient (Wildman–Crippen LogP) is 7.19. The van der Waals surface area contributed by atoms with Gasteiger partial charge in [-0.15, -0.1) is 0 Å². The fourth-order valence-corrected chi connectivity index (χ4v) is 4.32. The Bertz CT molecular complexity index is 737. The van der Waals surface area contributed by atoms with Gasteiger partial charge in [-0.25, -0.2) is 0 Å². The first-order valence-corrected chi connectivity index (χ1v) is 14.9. The van der Waals surface area contributed by atoms with Crippen LogP contribution in [0.3, 0.4) is 0 Å². The van der Waals surface area contributed by atoms with Gasteiger partial charge in [-0.3, -0.25) is 0 Å². The van der Waals surface area contributed by atoms with Gasteiger partial charge in [-0.2, -0.15) is 9.13 Å². The lowest BCUT2D eigenvalue weighted by Crippen LogP contribution is -2.35. The van der Waals surface area contributed by atoms with Gasteiger partial charge in [-0.1, -0.05) is 90.9 Å². The van der Waals surface area contributed by atoms with Gasteiger partial charge in [0.05, 0.1) is 19.9 Å². The molecule has 6 heteroatoms. The molecular weight excluding hydrogens is 460 g/mol. The Hall–Kier alpha value is -2.18. The second-order valence-electron chi connectivity index (χ2n) is 10.1. The highest BCUT2D eigenvalue weighted by atomic mass is 16.5. The molecule has 0 atom stereocenters. The van der Waals surface area contributed by atoms with Crippen LogP contribution >= 0.6 is 0 Å². The summed E-state index contributed by atoms with van der Waals surface area (Å²) in [5.41, 5.74) is 2.13. The molecule has 0 unspecified atom stereocenters. The van der Waals surface area contributed by atoms with E-state index in [2.05, 4.69) is 82.7 Å². The highest BCUT2D eigenvalue weighted by Crippen LogP contribution is 2.08. The molecule has 0 saturated heterocycles. The zero-order valence-electron chi connectivity index (χ0n) is 23.8. The molecule has 0 aliphatic carbocycles. The van der Waals surface area contributed by atoms with E-state index in [1.54, 1.807) is 0 Å². The summed E-state index contributed by atoms with van der Waals surface area (Å²) in [7, 11) is 0. The lowest BCUT2D eigenvalue weighted by molar-refractivity contribution is -0.732. The molecule has 2 rings (SSSR count). The molecule has 0 fully saturated rings. The Kier molecular flexibility index (Phi) is 18.3. The number of nitrogens with zero attached hydrogens (tertiary/aromatic N) is 2. The van der Waals surface area contributed by atoms with Crippen molar-refractivity contribution in [2.75, 3.05) is 30.5 Å². The molecule has 37 heavy (non-hydrogen) atoms. The molecule has 0 bridgehead atoms. The van der Waals surface area contributed by atoms with Crippen LogP contribution in [0.2, 0.25) is 0 Å². The number of rotatable bonds is 24. The number of unbranched alkanes of at least 4 members (excludes halogenated alkanes) is 12. The Morgan fingerprint density at radius 3 is 1.41 bits per heavy atom. The summed E-state index contributed by atoms with van der Waals surface area (Å²) in [4.78, 5) is 0. The molecule has 2 N–H and O–H groups in total. The van der Waals surface area contributed by atoms with Crippen molar-refractivity contribution in [1.82, 2.24) is 0 Å². The molecule has 0 aliphatic rings. The number of pyridine rings is 2. The average molecular weight is 515 g/mol. The SMILES string of the molecule is CCCCCCCCCOC[n+]1cccc(NCNc2ccc[n+](COCCCCCCCCC)c2)c1. The minimum Gasteiger partial charge on any atom is -0.363 e. The second kappa shape index (κ2) is 21.9. The summed E-state index contributed by atoms with van der Waals surface area (Å²) in [5.74, 6) is 0. The second-order valence-corrected chi connectivity index (χ2v) is 10.1. The van der Waals surface area contributed by atoms with Crippen LogP contribution in [0.1, 0.15) is 104 Å². The standard InChI is InChI=1S/C31H54N4O2/c1-3-5-7-9-11-13-15-23-36-28-34-21-17-19-30(25-34)32-27-33-31-20-18-22-35(26-31)29-37-24-16-14-12-10-8-6-4-2/h17-22,25-26,32-33H,3-16,23-24,27-29H2,1-2H3/q+2. The predicted molar refractivity (Wildman–Crippen MR) is 153 cm³/mol. The van der Waals surface area contributed by atoms with Crippen molar-refractivity contribution in [3.63, 3.8) is 0 Å². The lowest BCUT2D eigenvalue weighted by atomic mass is 10.1. The Balaban J connectivity index is 1.56. The third kappa shape index (κ3) is 16.3. The summed E-state index contributed by atoms with van der Waals surface area (Å²) in [6.07, 6.45) is 26.6. The number of nitrogens with one attached hydrogen (secondary N) is 2. The molecule has 0 saturated carbocycles. The normalized spacial score (nSPS) is 11.1. The zero-order valence-corrected chi connectivity index (χ0v) is 23.8. The number of ether oxygens (including phenoxy) is 2. The monoisotopic (exact) mass is 514 g/mol. The fourth-order valence-electron chi connectivity index (χ4n) is 4.32. The van der Waals surface area contributed by atoms with Crippen LogP contribution in [0.25, 0.3) is 0 Å². The van der Waals surface area contributed by atoms with Gasteiger partial charge >= 0.3 is 0 Å². The summed E-state index contributed by atoms with van der Waals surface area (Å²) in [6.45, 7) is 8.02. The van der Waals surface area contributed by atoms with Crippen LogP contribution in [-0.4, -0.2) is 19.9 Å². The lowest BCUT2D eigenvalue weighted by Gasteiger charge is -2.08. The van der Waals surface area contributed by atoms with Gasteiger partial charge in [0.25, 0.3) is 13.5 Å². The maximum Gasteiger partial charge on any atom is 0.252 e. The maximum absolute atomic E-state index is 5.87. The maximum atomic E-state index is 5.87. The molecular formula is C31H54N4O2+2. The van der Waals surface area contributed by atoms with Crippen molar-refractivity contribution in [2.45, 2.75) is 117 Å². The van der Waals surface area contributed by atoms with Crippen molar-refractivity contribution in [1.29, 1.82) is 0 Å². The van der Waals surface area contributed by atoms with Crippen LogP contribution in [-0.2, 0) is 22.9 Å². The average Bonchev–Trinajstić information content (AvgIpc) is 2.92. The van der Waals surface area contributed by atoms with E-state index in [0.29, 0.717) is 20.1 Å². The summed E-state index contributed by atoms with van der Waals surface area (Å²) in [5, 5.41) is 6.89. The van der Waals surface area contributed by atoms with Gasteiger partial charge < -0.3 is 20.1 Å². The van der Waals surface area contributed by atoms with E-state index in [1.807, 2.05) is 0 Å². The van der Waals surface area contributed by atoms with Crippen LogP contribution < -0.4 is 19.8 Å². The van der Waals surface area contributed by atoms with Gasteiger partial charge in [0.15, 0.2) is 24.8 Å². The summed E-state index contributed by atoms with van der Waals surface area (Å²) in [6, 6.07) is 8.27. The Morgan fingerprint density at radius 1 is 0.568 bits per heavy atom. The minimum atomic E-state index is 0.594. The number of hydrogen-bond acceptors (Lipinski definition) is 4. The van der Waals surface area contributed by atoms with Gasteiger partial charge in [0, 0.05) is 12.1 Å². The quantitative estimate of drug-likeness (QED) is 0.0884. The van der Waals surface area contributed by atoms with E-state index in [9.17, 15) is 0 Å². The molecule has 2 heterocycles. The van der Waals surface area contributed by atoms with E-state index in [4.69, 9.17) is 9.47 Å². The van der Waals surface area contributed by atoms with E-state index in [1.165, 1.54) is 77.0 Å². The highest BCUT2D eigenvalue weighted by Gasteiger charge is 2.05. The van der Waals surface area contributed by atoms with Crippen LogP contribution in [0, 0.1) is 0 Å². The number of anilines is 2. The van der Waals surface area contributed by atoms with Gasteiger partial charge in [0.1, 0.15) is 11.4 Å². The van der Waals surface area contributed by atoms with Crippen LogP contribution in [0.15, 0.2) is 49.1 Å². The third-order valence-corrected chi connectivity index (χ3v) is 6.57. The molecule has 208 valence electrons.